The molecule has 2 rings (SSSR count). The number of rotatable bonds is 10. The number of hydrogen-bond acceptors (Lipinski definition) is 5. The lowest BCUT2D eigenvalue weighted by Crippen LogP contribution is -2.34. The van der Waals surface area contributed by atoms with Crippen molar-refractivity contribution in [2.24, 2.45) is 0 Å². The predicted molar refractivity (Wildman–Crippen MR) is 114 cm³/mol. The van der Waals surface area contributed by atoms with Crippen LogP contribution in [-0.2, 0) is 11.2 Å². The Morgan fingerprint density at radius 2 is 1.55 bits per heavy atom. The fourth-order valence-corrected chi connectivity index (χ4v) is 2.77. The second-order valence-electron chi connectivity index (χ2n) is 6.74. The molecule has 0 atom stereocenters. The zero-order valence-electron chi connectivity index (χ0n) is 17.5. The first-order valence-electron chi connectivity index (χ1n) is 9.47. The molecule has 2 amide bonds. The highest BCUT2D eigenvalue weighted by Gasteiger charge is 2.08. The third kappa shape index (κ3) is 6.71. The van der Waals surface area contributed by atoms with Crippen LogP contribution >= 0.6 is 0 Å². The summed E-state index contributed by atoms with van der Waals surface area (Å²) in [5.74, 6) is 1.08. The van der Waals surface area contributed by atoms with Crippen molar-refractivity contribution in [3.8, 4) is 11.5 Å². The van der Waals surface area contributed by atoms with Crippen LogP contribution in [-0.4, -0.2) is 53.2 Å². The Bertz CT molecular complexity index is 819. The predicted octanol–water partition coefficient (Wildman–Crippen LogP) is 2.25. The molecule has 0 aliphatic heterocycles. The molecule has 2 aromatic rings. The van der Waals surface area contributed by atoms with Crippen LogP contribution < -0.4 is 25.0 Å². The maximum Gasteiger partial charge on any atom is 0.251 e. The van der Waals surface area contributed by atoms with Gasteiger partial charge in [-0.25, -0.2) is 0 Å². The van der Waals surface area contributed by atoms with Crippen molar-refractivity contribution in [3.63, 3.8) is 0 Å². The van der Waals surface area contributed by atoms with Gasteiger partial charge < -0.3 is 25.0 Å². The number of aryl methyl sites for hydroxylation is 1. The largest absolute Gasteiger partial charge is 0.493 e. The third-order valence-electron chi connectivity index (χ3n) is 4.47. The zero-order valence-corrected chi connectivity index (χ0v) is 17.5. The molecule has 0 heterocycles. The normalized spacial score (nSPS) is 10.2. The number of anilines is 1. The lowest BCUT2D eigenvalue weighted by atomic mass is 10.1. The minimum atomic E-state index is -0.158. The van der Waals surface area contributed by atoms with Gasteiger partial charge in [-0.3, -0.25) is 9.59 Å². The van der Waals surface area contributed by atoms with Gasteiger partial charge in [0.15, 0.2) is 11.5 Å². The molecule has 0 aliphatic rings. The van der Waals surface area contributed by atoms with Crippen molar-refractivity contribution in [1.29, 1.82) is 0 Å². The van der Waals surface area contributed by atoms with E-state index in [-0.39, 0.29) is 11.8 Å². The summed E-state index contributed by atoms with van der Waals surface area (Å²) in [5.41, 5.74) is 2.62. The molecule has 0 fully saturated rings. The van der Waals surface area contributed by atoms with Crippen molar-refractivity contribution in [2.75, 3.05) is 46.3 Å². The molecule has 2 N–H and O–H groups in total. The fourth-order valence-electron chi connectivity index (χ4n) is 2.77. The smallest absolute Gasteiger partial charge is 0.251 e. The first-order valence-corrected chi connectivity index (χ1v) is 9.47. The molecule has 0 bridgehead atoms. The van der Waals surface area contributed by atoms with E-state index >= 15 is 0 Å². The minimum Gasteiger partial charge on any atom is -0.493 e. The van der Waals surface area contributed by atoms with Crippen molar-refractivity contribution in [3.05, 3.63) is 53.6 Å². The molecule has 29 heavy (non-hydrogen) atoms. The number of ether oxygens (including phenoxy) is 2. The second kappa shape index (κ2) is 10.9. The number of amides is 2. The lowest BCUT2D eigenvalue weighted by Gasteiger charge is -2.12. The van der Waals surface area contributed by atoms with Gasteiger partial charge >= 0.3 is 0 Å². The van der Waals surface area contributed by atoms with E-state index in [9.17, 15) is 9.59 Å². The number of benzene rings is 2. The van der Waals surface area contributed by atoms with E-state index in [0.717, 1.165) is 11.3 Å². The first-order chi connectivity index (χ1) is 13.9. The van der Waals surface area contributed by atoms with E-state index in [2.05, 4.69) is 10.6 Å². The van der Waals surface area contributed by atoms with Crippen LogP contribution in [0.3, 0.4) is 0 Å². The van der Waals surface area contributed by atoms with Crippen molar-refractivity contribution < 1.29 is 19.1 Å². The van der Waals surface area contributed by atoms with Crippen molar-refractivity contribution in [1.82, 2.24) is 10.6 Å². The monoisotopic (exact) mass is 399 g/mol. The Balaban J connectivity index is 1.70. The molecule has 0 spiro atoms. The molecule has 7 nitrogen and oxygen atoms in total. The van der Waals surface area contributed by atoms with E-state index in [0.29, 0.717) is 43.0 Å². The van der Waals surface area contributed by atoms with Gasteiger partial charge in [-0.2, -0.15) is 0 Å². The molecule has 0 saturated carbocycles. The highest BCUT2D eigenvalue weighted by Crippen LogP contribution is 2.27. The van der Waals surface area contributed by atoms with Crippen molar-refractivity contribution in [2.45, 2.75) is 12.8 Å². The number of nitrogens with zero attached hydrogens (tertiary/aromatic N) is 1. The molecule has 0 aromatic heterocycles. The minimum absolute atomic E-state index is 0.0654. The maximum absolute atomic E-state index is 12.1. The summed E-state index contributed by atoms with van der Waals surface area (Å²) < 4.78 is 10.5. The number of carbonyl (C=O) groups excluding carboxylic acids is 2. The summed E-state index contributed by atoms with van der Waals surface area (Å²) in [7, 11) is 7.06. The van der Waals surface area contributed by atoms with Crippen LogP contribution in [0.5, 0.6) is 11.5 Å². The Kier molecular flexibility index (Phi) is 8.33. The molecule has 0 aliphatic carbocycles. The molecule has 156 valence electrons. The highest BCUT2D eigenvalue weighted by molar-refractivity contribution is 5.94. The Labute approximate surface area is 172 Å². The average molecular weight is 399 g/mol. The van der Waals surface area contributed by atoms with Gasteiger partial charge in [-0.1, -0.05) is 6.07 Å². The third-order valence-corrected chi connectivity index (χ3v) is 4.47. The standard InChI is InChI=1S/C22H29N3O4/c1-25(2)18-9-7-17(8-10-18)22(27)24-14-13-23-21(26)12-6-16-5-11-19(28-3)20(15-16)29-4/h5,7-11,15H,6,12-14H2,1-4H3,(H,23,26)(H,24,27). The van der Waals surface area contributed by atoms with Crippen LogP contribution in [0.15, 0.2) is 42.5 Å². The van der Waals surface area contributed by atoms with E-state index in [1.165, 1.54) is 0 Å². The van der Waals surface area contributed by atoms with Gasteiger partial charge in [0.05, 0.1) is 14.2 Å². The van der Waals surface area contributed by atoms with E-state index in [1.54, 1.807) is 26.4 Å². The van der Waals surface area contributed by atoms with Crippen LogP contribution in [0.25, 0.3) is 0 Å². The summed E-state index contributed by atoms with van der Waals surface area (Å²) >= 11 is 0. The molecule has 7 heteroatoms. The van der Waals surface area contributed by atoms with Gasteiger partial charge in [-0.15, -0.1) is 0 Å². The quantitative estimate of drug-likeness (QED) is 0.599. The van der Waals surface area contributed by atoms with Gasteiger partial charge in [-0.05, 0) is 48.4 Å². The van der Waals surface area contributed by atoms with Crippen LogP contribution in [0.4, 0.5) is 5.69 Å². The molecule has 0 saturated heterocycles. The van der Waals surface area contributed by atoms with Crippen LogP contribution in [0.1, 0.15) is 22.3 Å². The molecular weight excluding hydrogens is 370 g/mol. The Morgan fingerprint density at radius 1 is 0.897 bits per heavy atom. The molecule has 2 aromatic carbocycles. The molecule has 0 unspecified atom stereocenters. The summed E-state index contributed by atoms with van der Waals surface area (Å²) in [4.78, 5) is 26.1. The number of methoxy groups -OCH3 is 2. The number of nitrogens with one attached hydrogen (secondary N) is 2. The Hall–Kier alpha value is -3.22. The lowest BCUT2D eigenvalue weighted by molar-refractivity contribution is -0.121. The van der Waals surface area contributed by atoms with Crippen LogP contribution in [0, 0.1) is 0 Å². The first kappa shape index (κ1) is 22.1. The van der Waals surface area contributed by atoms with Gasteiger partial charge in [0, 0.05) is 44.9 Å². The topological polar surface area (TPSA) is 79.9 Å². The van der Waals surface area contributed by atoms with Gasteiger partial charge in [0.1, 0.15) is 0 Å². The summed E-state index contributed by atoms with van der Waals surface area (Å²) in [5, 5.41) is 5.63. The number of hydrogen-bond donors (Lipinski definition) is 2. The van der Waals surface area contributed by atoms with E-state index in [1.807, 2.05) is 49.3 Å². The Morgan fingerprint density at radius 3 is 2.17 bits per heavy atom. The highest BCUT2D eigenvalue weighted by atomic mass is 16.5. The zero-order chi connectivity index (χ0) is 21.2. The second-order valence-corrected chi connectivity index (χ2v) is 6.74. The van der Waals surface area contributed by atoms with Gasteiger partial charge in [0.2, 0.25) is 5.91 Å². The van der Waals surface area contributed by atoms with E-state index < -0.39 is 0 Å². The van der Waals surface area contributed by atoms with Crippen LogP contribution in [0.2, 0.25) is 0 Å². The summed E-state index contributed by atoms with van der Waals surface area (Å²) in [6.45, 7) is 0.753. The molecular formula is C22H29N3O4. The summed E-state index contributed by atoms with van der Waals surface area (Å²) in [6, 6.07) is 13.0. The average Bonchev–Trinajstić information content (AvgIpc) is 2.74. The van der Waals surface area contributed by atoms with Crippen molar-refractivity contribution >= 4 is 17.5 Å². The SMILES string of the molecule is COc1ccc(CCC(=O)NCCNC(=O)c2ccc(N(C)C)cc2)cc1OC. The maximum atomic E-state index is 12.1. The van der Waals surface area contributed by atoms with E-state index in [4.69, 9.17) is 9.47 Å². The number of carbonyl (C=O) groups is 2. The van der Waals surface area contributed by atoms with Gasteiger partial charge in [0.25, 0.3) is 5.91 Å². The fraction of sp³-hybridized carbons (Fsp3) is 0.364. The molecule has 0 radical (unpaired) electrons. The summed E-state index contributed by atoms with van der Waals surface area (Å²) in [6.07, 6.45) is 0.951.